The van der Waals surface area contributed by atoms with Gasteiger partial charge in [-0.05, 0) is 60.5 Å². The summed E-state index contributed by atoms with van der Waals surface area (Å²) in [5.74, 6) is 0.592. The van der Waals surface area contributed by atoms with Crippen LogP contribution in [-0.2, 0) is 11.4 Å². The van der Waals surface area contributed by atoms with Gasteiger partial charge in [0.25, 0.3) is 5.91 Å². The number of rotatable bonds is 6. The Hall–Kier alpha value is -3.29. The number of hydrogen-bond donors (Lipinski definition) is 1. The lowest BCUT2D eigenvalue weighted by atomic mass is 10.1. The van der Waals surface area contributed by atoms with Crippen molar-refractivity contribution in [1.82, 2.24) is 5.32 Å². The van der Waals surface area contributed by atoms with E-state index in [4.69, 9.17) is 21.1 Å². The van der Waals surface area contributed by atoms with Gasteiger partial charge in [0.05, 0.1) is 12.8 Å². The average molecular weight is 528 g/mol. The summed E-state index contributed by atoms with van der Waals surface area (Å²) in [5, 5.41) is 3.14. The maximum atomic E-state index is 12.9. The van der Waals surface area contributed by atoms with Gasteiger partial charge < -0.3 is 14.8 Å². The molecular weight excluding hydrogens is 508 g/mol. The van der Waals surface area contributed by atoms with Crippen molar-refractivity contribution < 1.29 is 19.1 Å². The van der Waals surface area contributed by atoms with Gasteiger partial charge >= 0.3 is 6.03 Å². The number of nitrogens with zero attached hydrogens (tertiary/aromatic N) is 1. The molecule has 0 radical (unpaired) electrons. The number of halogens is 2. The lowest BCUT2D eigenvalue weighted by Crippen LogP contribution is -2.30. The number of hydrogen-bond acceptors (Lipinski definition) is 4. The number of aryl methyl sites for hydroxylation is 1. The van der Waals surface area contributed by atoms with Gasteiger partial charge in [-0.2, -0.15) is 0 Å². The van der Waals surface area contributed by atoms with Crippen LogP contribution in [0, 0.1) is 6.92 Å². The highest BCUT2D eigenvalue weighted by Crippen LogP contribution is 2.35. The lowest BCUT2D eigenvalue weighted by molar-refractivity contribution is -0.113. The summed E-state index contributed by atoms with van der Waals surface area (Å²) in [6, 6.07) is 17.5. The summed E-state index contributed by atoms with van der Waals surface area (Å²) in [4.78, 5) is 26.4. The Balaban J connectivity index is 1.58. The summed E-state index contributed by atoms with van der Waals surface area (Å²) in [6.45, 7) is 2.41. The summed E-state index contributed by atoms with van der Waals surface area (Å²) in [6.07, 6.45) is 1.59. The smallest absolute Gasteiger partial charge is 0.333 e. The fourth-order valence-electron chi connectivity index (χ4n) is 3.41. The molecule has 1 fully saturated rings. The second-order valence-electron chi connectivity index (χ2n) is 7.41. The van der Waals surface area contributed by atoms with Gasteiger partial charge in [0, 0.05) is 9.50 Å². The number of ether oxygens (including phenoxy) is 2. The third-order valence-electron chi connectivity index (χ3n) is 5.02. The monoisotopic (exact) mass is 526 g/mol. The maximum absolute atomic E-state index is 12.9. The first-order valence-electron chi connectivity index (χ1n) is 10.0. The average Bonchev–Trinajstić information content (AvgIpc) is 3.07. The summed E-state index contributed by atoms with van der Waals surface area (Å²) in [5.41, 5.74) is 3.42. The highest BCUT2D eigenvalue weighted by atomic mass is 79.9. The molecule has 1 aliphatic rings. The molecule has 8 heteroatoms. The Morgan fingerprint density at radius 1 is 1.06 bits per heavy atom. The largest absolute Gasteiger partial charge is 0.493 e. The molecule has 3 amide bonds. The Bertz CT molecular complexity index is 1260. The van der Waals surface area contributed by atoms with Crippen LogP contribution in [-0.4, -0.2) is 19.0 Å². The topological polar surface area (TPSA) is 67.9 Å². The molecular formula is C25H20BrClN2O4. The van der Waals surface area contributed by atoms with E-state index in [1.165, 1.54) is 0 Å². The van der Waals surface area contributed by atoms with Crippen LogP contribution >= 0.6 is 27.5 Å². The molecule has 1 heterocycles. The lowest BCUT2D eigenvalue weighted by Gasteiger charge is -2.13. The van der Waals surface area contributed by atoms with E-state index in [2.05, 4.69) is 27.3 Å². The quantitative estimate of drug-likeness (QED) is 0.311. The van der Waals surface area contributed by atoms with Crippen molar-refractivity contribution >= 4 is 51.2 Å². The minimum atomic E-state index is -0.533. The number of urea groups is 1. The van der Waals surface area contributed by atoms with Crippen LogP contribution in [0.25, 0.3) is 6.08 Å². The van der Waals surface area contributed by atoms with Crippen LogP contribution in [0.4, 0.5) is 10.5 Å². The Kier molecular flexibility index (Phi) is 6.72. The Morgan fingerprint density at radius 2 is 1.82 bits per heavy atom. The molecule has 0 aromatic heterocycles. The van der Waals surface area contributed by atoms with Gasteiger partial charge in [-0.25, -0.2) is 9.69 Å². The molecule has 4 rings (SSSR count). The van der Waals surface area contributed by atoms with E-state index >= 15 is 0 Å². The van der Waals surface area contributed by atoms with E-state index in [1.54, 1.807) is 49.6 Å². The highest BCUT2D eigenvalue weighted by molar-refractivity contribution is 9.10. The summed E-state index contributed by atoms with van der Waals surface area (Å²) >= 11 is 9.43. The van der Waals surface area contributed by atoms with Gasteiger partial charge in [-0.3, -0.25) is 4.79 Å². The van der Waals surface area contributed by atoms with Gasteiger partial charge in [-0.1, -0.05) is 57.4 Å². The van der Waals surface area contributed by atoms with Gasteiger partial charge in [0.15, 0.2) is 11.5 Å². The number of methoxy groups -OCH3 is 1. The molecule has 3 aromatic rings. The highest BCUT2D eigenvalue weighted by Gasteiger charge is 2.35. The first kappa shape index (κ1) is 22.9. The van der Waals surface area contributed by atoms with E-state index in [0.29, 0.717) is 38.9 Å². The standard InChI is InChI=1S/C25H20BrClN2O4/c1-15-4-3-5-16(10-15)14-33-23-13-20(26)17(12-22(23)32-2)11-21-24(30)29(25(31)28-21)19-8-6-18(27)7-9-19/h3-13H,14H2,1-2H3,(H,28,31)/b21-11+. The van der Waals surface area contributed by atoms with Crippen LogP contribution in [0.5, 0.6) is 11.5 Å². The predicted molar refractivity (Wildman–Crippen MR) is 132 cm³/mol. The first-order chi connectivity index (χ1) is 15.9. The molecule has 1 aliphatic heterocycles. The molecule has 0 spiro atoms. The molecule has 0 saturated carbocycles. The number of amides is 3. The van der Waals surface area contributed by atoms with E-state index in [-0.39, 0.29) is 5.70 Å². The van der Waals surface area contributed by atoms with Gasteiger partial charge in [0.1, 0.15) is 12.3 Å². The molecule has 0 aliphatic carbocycles. The Morgan fingerprint density at radius 3 is 2.52 bits per heavy atom. The first-order valence-corrected chi connectivity index (χ1v) is 11.2. The maximum Gasteiger partial charge on any atom is 0.333 e. The molecule has 3 aromatic carbocycles. The number of anilines is 1. The second-order valence-corrected chi connectivity index (χ2v) is 8.70. The fourth-order valence-corrected chi connectivity index (χ4v) is 3.97. The number of imide groups is 1. The molecule has 1 saturated heterocycles. The normalized spacial score (nSPS) is 14.5. The van der Waals surface area contributed by atoms with Crippen molar-refractivity contribution in [1.29, 1.82) is 0 Å². The fraction of sp³-hybridized carbons (Fsp3) is 0.120. The summed E-state index contributed by atoms with van der Waals surface area (Å²) < 4.78 is 12.1. The number of benzene rings is 3. The number of nitrogens with one attached hydrogen (secondary N) is 1. The molecule has 33 heavy (non-hydrogen) atoms. The van der Waals surface area contributed by atoms with Crippen LogP contribution in [0.3, 0.4) is 0 Å². The SMILES string of the molecule is COc1cc(/C=C2/NC(=O)N(c3ccc(Cl)cc3)C2=O)c(Br)cc1OCc1cccc(C)c1. The van der Waals surface area contributed by atoms with E-state index in [0.717, 1.165) is 16.0 Å². The van der Waals surface area contributed by atoms with Crippen LogP contribution < -0.4 is 19.7 Å². The van der Waals surface area contributed by atoms with Gasteiger partial charge in [-0.15, -0.1) is 0 Å². The predicted octanol–water partition coefficient (Wildman–Crippen LogP) is 6.10. The van der Waals surface area contributed by atoms with E-state index in [9.17, 15) is 9.59 Å². The van der Waals surface area contributed by atoms with Crippen molar-refractivity contribution in [3.05, 3.63) is 92.5 Å². The third-order valence-corrected chi connectivity index (χ3v) is 5.96. The van der Waals surface area contributed by atoms with Crippen LogP contribution in [0.1, 0.15) is 16.7 Å². The molecule has 0 unspecified atom stereocenters. The minimum absolute atomic E-state index is 0.145. The van der Waals surface area contributed by atoms with Crippen molar-refractivity contribution in [2.75, 3.05) is 12.0 Å². The van der Waals surface area contributed by atoms with Gasteiger partial charge in [0.2, 0.25) is 0 Å². The Labute approximate surface area is 204 Å². The zero-order chi connectivity index (χ0) is 23.5. The molecule has 6 nitrogen and oxygen atoms in total. The van der Waals surface area contributed by atoms with Crippen LogP contribution in [0.15, 0.2) is 70.8 Å². The second kappa shape index (κ2) is 9.68. The zero-order valence-corrected chi connectivity index (χ0v) is 20.2. The van der Waals surface area contributed by atoms with Crippen molar-refractivity contribution in [2.45, 2.75) is 13.5 Å². The molecule has 0 atom stereocenters. The van der Waals surface area contributed by atoms with E-state index < -0.39 is 11.9 Å². The molecule has 168 valence electrons. The third kappa shape index (κ3) is 5.05. The number of carbonyl (C=O) groups is 2. The van der Waals surface area contributed by atoms with Crippen molar-refractivity contribution in [3.8, 4) is 11.5 Å². The minimum Gasteiger partial charge on any atom is -0.493 e. The zero-order valence-electron chi connectivity index (χ0n) is 17.9. The molecule has 1 N–H and O–H groups in total. The number of carbonyl (C=O) groups excluding carboxylic acids is 2. The van der Waals surface area contributed by atoms with Crippen LogP contribution in [0.2, 0.25) is 5.02 Å². The van der Waals surface area contributed by atoms with Crippen molar-refractivity contribution in [2.24, 2.45) is 0 Å². The molecule has 0 bridgehead atoms. The van der Waals surface area contributed by atoms with Crippen molar-refractivity contribution in [3.63, 3.8) is 0 Å². The summed E-state index contributed by atoms with van der Waals surface area (Å²) in [7, 11) is 1.55. The van der Waals surface area contributed by atoms with E-state index in [1.807, 2.05) is 25.1 Å².